The summed E-state index contributed by atoms with van der Waals surface area (Å²) in [6.07, 6.45) is 1.44. The largest absolute Gasteiger partial charge is 0.320 e. The van der Waals surface area contributed by atoms with Crippen LogP contribution in [0.5, 0.6) is 0 Å². The van der Waals surface area contributed by atoms with E-state index in [0.717, 1.165) is 0 Å². The Morgan fingerprint density at radius 1 is 1.40 bits per heavy atom. The first-order valence-electron chi connectivity index (χ1n) is 2.50. The Morgan fingerprint density at radius 3 is 2.50 bits per heavy atom. The fourth-order valence-electron chi connectivity index (χ4n) is 0.473. The lowest BCUT2D eigenvalue weighted by Crippen LogP contribution is -1.96. The molecule has 56 valence electrons. The van der Waals surface area contributed by atoms with Gasteiger partial charge in [0, 0.05) is 14.2 Å². The van der Waals surface area contributed by atoms with Crippen LogP contribution in [-0.4, -0.2) is 34.2 Å². The van der Waals surface area contributed by atoms with Crippen molar-refractivity contribution in [2.24, 2.45) is 0 Å². The van der Waals surface area contributed by atoms with E-state index in [0.29, 0.717) is 0 Å². The van der Waals surface area contributed by atoms with Crippen molar-refractivity contribution in [2.75, 3.05) is 14.2 Å². The molecule has 1 heterocycles. The van der Waals surface area contributed by atoms with Crippen LogP contribution in [-0.2, 0) is 9.05 Å². The third kappa shape index (κ3) is 1.47. The second-order valence-corrected chi connectivity index (χ2v) is 2.95. The fraction of sp³-hybridized carbons (Fsp3) is 0.667. The highest BCUT2D eigenvalue weighted by Crippen LogP contribution is 2.35. The molecule has 0 bridgehead atoms. The summed E-state index contributed by atoms with van der Waals surface area (Å²) in [5, 5.41) is 10.4. The van der Waals surface area contributed by atoms with Crippen LogP contribution in [0.25, 0.3) is 0 Å². The summed E-state index contributed by atoms with van der Waals surface area (Å²) in [6, 6.07) is 0. The highest BCUT2D eigenvalue weighted by molar-refractivity contribution is 7.45. The van der Waals surface area contributed by atoms with Gasteiger partial charge in [-0.15, -0.1) is 5.10 Å². The van der Waals surface area contributed by atoms with E-state index < -0.39 is 8.53 Å². The van der Waals surface area contributed by atoms with Gasteiger partial charge in [-0.3, -0.25) is 0 Å². The Bertz CT molecular complexity index is 175. The van der Waals surface area contributed by atoms with Gasteiger partial charge in [0.15, 0.2) is 0 Å². The third-order valence-corrected chi connectivity index (χ3v) is 1.96. The van der Waals surface area contributed by atoms with Gasteiger partial charge in [0.25, 0.3) is 0 Å². The summed E-state index contributed by atoms with van der Waals surface area (Å²) >= 11 is 0. The normalized spacial score (nSPS) is 10.7. The number of hydrogen-bond donors (Lipinski definition) is 0. The van der Waals surface area contributed by atoms with Gasteiger partial charge in [-0.1, -0.05) is 0 Å². The van der Waals surface area contributed by atoms with Gasteiger partial charge in [0.1, 0.15) is 6.33 Å². The van der Waals surface area contributed by atoms with Crippen LogP contribution in [0, 0.1) is 0 Å². The van der Waals surface area contributed by atoms with Gasteiger partial charge in [-0.05, 0) is 10.4 Å². The summed E-state index contributed by atoms with van der Waals surface area (Å²) in [6.45, 7) is 0. The SMILES string of the molecule is COP(OC)n1cnnn1. The van der Waals surface area contributed by atoms with Gasteiger partial charge in [-0.25, -0.2) is 0 Å². The lowest BCUT2D eigenvalue weighted by atomic mass is 11.4. The van der Waals surface area contributed by atoms with Crippen molar-refractivity contribution in [1.29, 1.82) is 0 Å². The van der Waals surface area contributed by atoms with Crippen molar-refractivity contribution in [1.82, 2.24) is 20.0 Å². The molecule has 0 aliphatic rings. The minimum Gasteiger partial charge on any atom is -0.320 e. The Hall–Kier alpha value is -0.580. The molecule has 1 aromatic rings. The van der Waals surface area contributed by atoms with Crippen LogP contribution in [0.4, 0.5) is 0 Å². The number of rotatable bonds is 3. The van der Waals surface area contributed by atoms with Gasteiger partial charge in [-0.2, -0.15) is 4.45 Å². The van der Waals surface area contributed by atoms with Crippen LogP contribution in [0.2, 0.25) is 0 Å². The van der Waals surface area contributed by atoms with Crippen LogP contribution >= 0.6 is 8.53 Å². The van der Waals surface area contributed by atoms with Crippen LogP contribution in [0.15, 0.2) is 6.33 Å². The predicted molar refractivity (Wildman–Crippen MR) is 34.2 cm³/mol. The Labute approximate surface area is 59.1 Å². The van der Waals surface area contributed by atoms with Crippen molar-refractivity contribution in [2.45, 2.75) is 0 Å². The number of tetrazole rings is 1. The lowest BCUT2D eigenvalue weighted by Gasteiger charge is -2.07. The smallest absolute Gasteiger partial charge is 0.313 e. The maximum Gasteiger partial charge on any atom is 0.313 e. The summed E-state index contributed by atoms with van der Waals surface area (Å²) in [4.78, 5) is 0. The van der Waals surface area contributed by atoms with E-state index >= 15 is 0 Å². The molecule has 0 fully saturated rings. The molecule has 0 amide bonds. The van der Waals surface area contributed by atoms with Crippen molar-refractivity contribution in [3.63, 3.8) is 0 Å². The summed E-state index contributed by atoms with van der Waals surface area (Å²) in [5.41, 5.74) is 0. The van der Waals surface area contributed by atoms with E-state index in [-0.39, 0.29) is 0 Å². The quantitative estimate of drug-likeness (QED) is 0.587. The minimum absolute atomic E-state index is 1.13. The Balaban J connectivity index is 2.64. The molecule has 0 aromatic carbocycles. The number of nitrogens with zero attached hydrogens (tertiary/aromatic N) is 4. The monoisotopic (exact) mass is 162 g/mol. The van der Waals surface area contributed by atoms with Crippen molar-refractivity contribution < 1.29 is 9.05 Å². The highest BCUT2D eigenvalue weighted by Gasteiger charge is 2.09. The van der Waals surface area contributed by atoms with E-state index in [4.69, 9.17) is 9.05 Å². The topological polar surface area (TPSA) is 62.1 Å². The molecule has 0 spiro atoms. The molecule has 0 N–H and O–H groups in total. The molecule has 0 aliphatic carbocycles. The summed E-state index contributed by atoms with van der Waals surface area (Å²) in [7, 11) is 1.94. The van der Waals surface area contributed by atoms with Crippen molar-refractivity contribution in [3.05, 3.63) is 6.33 Å². The standard InChI is InChI=1S/C3H7N4O2P/c1-8-10(9-2)7-3-4-5-6-7/h3H,1-2H3. The molecule has 7 heteroatoms. The Morgan fingerprint density at radius 2 is 2.10 bits per heavy atom. The van der Waals surface area contributed by atoms with E-state index in [1.165, 1.54) is 25.0 Å². The number of aromatic nitrogens is 4. The van der Waals surface area contributed by atoms with Crippen LogP contribution in [0.1, 0.15) is 0 Å². The van der Waals surface area contributed by atoms with Gasteiger partial charge < -0.3 is 9.05 Å². The molecule has 10 heavy (non-hydrogen) atoms. The maximum absolute atomic E-state index is 4.91. The van der Waals surface area contributed by atoms with Crippen LogP contribution in [0.3, 0.4) is 0 Å². The van der Waals surface area contributed by atoms with E-state index in [9.17, 15) is 0 Å². The zero-order chi connectivity index (χ0) is 7.40. The molecule has 1 aromatic heterocycles. The van der Waals surface area contributed by atoms with Gasteiger partial charge in [0.2, 0.25) is 0 Å². The Kier molecular flexibility index (Phi) is 2.68. The number of hydrogen-bond acceptors (Lipinski definition) is 5. The summed E-state index contributed by atoms with van der Waals surface area (Å²) in [5.74, 6) is 0. The van der Waals surface area contributed by atoms with Gasteiger partial charge in [0.05, 0.1) is 0 Å². The summed E-state index contributed by atoms with van der Waals surface area (Å²) < 4.78 is 11.2. The lowest BCUT2D eigenvalue weighted by molar-refractivity contribution is 0.327. The van der Waals surface area contributed by atoms with Crippen molar-refractivity contribution >= 4 is 8.53 Å². The average molecular weight is 162 g/mol. The predicted octanol–water partition coefficient (Wildman–Crippen LogP) is 0.0409. The molecular weight excluding hydrogens is 155 g/mol. The zero-order valence-corrected chi connectivity index (χ0v) is 6.52. The molecule has 6 nitrogen and oxygen atoms in total. The molecule has 0 unspecified atom stereocenters. The first kappa shape index (κ1) is 7.53. The molecule has 0 saturated carbocycles. The average Bonchev–Trinajstić information content (AvgIpc) is 2.43. The van der Waals surface area contributed by atoms with E-state index in [1.807, 2.05) is 0 Å². The minimum atomic E-state index is -1.13. The van der Waals surface area contributed by atoms with Gasteiger partial charge >= 0.3 is 8.53 Å². The maximum atomic E-state index is 4.91. The molecule has 1 rings (SSSR count). The van der Waals surface area contributed by atoms with Crippen LogP contribution < -0.4 is 0 Å². The zero-order valence-electron chi connectivity index (χ0n) is 5.63. The first-order valence-corrected chi connectivity index (χ1v) is 3.63. The first-order chi connectivity index (χ1) is 4.88. The molecule has 0 atom stereocenters. The second-order valence-electron chi connectivity index (χ2n) is 1.33. The van der Waals surface area contributed by atoms with Crippen molar-refractivity contribution in [3.8, 4) is 0 Å². The molecule has 0 radical (unpaired) electrons. The molecule has 0 saturated heterocycles. The third-order valence-electron chi connectivity index (χ3n) is 0.818. The highest BCUT2D eigenvalue weighted by atomic mass is 31.2. The van der Waals surface area contributed by atoms with E-state index in [2.05, 4.69) is 15.5 Å². The second kappa shape index (κ2) is 3.55. The molecular formula is C3H7N4O2P. The fourth-order valence-corrected chi connectivity index (χ4v) is 1.19. The molecule has 0 aliphatic heterocycles. The van der Waals surface area contributed by atoms with E-state index in [1.54, 1.807) is 0 Å².